The highest BCUT2D eigenvalue weighted by Gasteiger charge is 2.30. The molecular weight excluding hydrogens is 398 g/mol. The van der Waals surface area contributed by atoms with Crippen LogP contribution in [0.3, 0.4) is 0 Å². The number of aliphatic carboxylic acids is 1. The molecule has 1 saturated heterocycles. The third kappa shape index (κ3) is 5.83. The van der Waals surface area contributed by atoms with Crippen molar-refractivity contribution in [2.24, 2.45) is 17.3 Å². The van der Waals surface area contributed by atoms with E-state index >= 15 is 0 Å². The lowest BCUT2D eigenvalue weighted by Crippen LogP contribution is -2.32. The van der Waals surface area contributed by atoms with Gasteiger partial charge in [0.1, 0.15) is 5.75 Å². The van der Waals surface area contributed by atoms with Crippen LogP contribution in [0.15, 0.2) is 36.4 Å². The van der Waals surface area contributed by atoms with Crippen LogP contribution in [0.2, 0.25) is 0 Å². The summed E-state index contributed by atoms with van der Waals surface area (Å²) in [5, 5.41) is 15.4. The highest BCUT2D eigenvalue weighted by molar-refractivity contribution is 5.84. The van der Waals surface area contributed by atoms with Crippen LogP contribution in [0.25, 0.3) is 10.8 Å². The molecule has 0 radical (unpaired) electrons. The summed E-state index contributed by atoms with van der Waals surface area (Å²) in [5.41, 5.74) is 1.65. The van der Waals surface area contributed by atoms with Gasteiger partial charge in [0.05, 0.1) is 12.0 Å². The molecule has 4 nitrogen and oxygen atoms in total. The van der Waals surface area contributed by atoms with Gasteiger partial charge in [0.2, 0.25) is 0 Å². The molecular formula is C28H39NO3. The summed E-state index contributed by atoms with van der Waals surface area (Å²) >= 11 is 0. The van der Waals surface area contributed by atoms with Crippen LogP contribution in [0.5, 0.6) is 5.75 Å². The molecule has 0 spiro atoms. The van der Waals surface area contributed by atoms with Crippen LogP contribution in [-0.4, -0.2) is 29.8 Å². The Labute approximate surface area is 192 Å². The predicted molar refractivity (Wildman–Crippen MR) is 130 cm³/mol. The van der Waals surface area contributed by atoms with Crippen LogP contribution in [-0.2, 0) is 11.2 Å². The Morgan fingerprint density at radius 2 is 1.75 bits per heavy atom. The van der Waals surface area contributed by atoms with Crippen molar-refractivity contribution in [1.82, 2.24) is 5.32 Å². The molecule has 174 valence electrons. The van der Waals surface area contributed by atoms with E-state index in [1.54, 1.807) is 0 Å². The Morgan fingerprint density at radius 3 is 2.47 bits per heavy atom. The fourth-order valence-corrected chi connectivity index (χ4v) is 5.58. The van der Waals surface area contributed by atoms with Crippen LogP contribution in [0.1, 0.15) is 71.3 Å². The first kappa shape index (κ1) is 23.1. The SMILES string of the molecule is CC(C)(C)C1CCC(Oc2ccc3cc(CC4CC(C(=O)O)CCCN4)ccc3c2)CC1. The number of fused-ring (bicyclic) bond motifs is 1. The Hall–Kier alpha value is -2.07. The fraction of sp³-hybridized carbons (Fsp3) is 0.607. The molecule has 0 amide bonds. The highest BCUT2D eigenvalue weighted by Crippen LogP contribution is 2.39. The Balaban J connectivity index is 1.38. The van der Waals surface area contributed by atoms with Crippen molar-refractivity contribution >= 4 is 16.7 Å². The van der Waals surface area contributed by atoms with Gasteiger partial charge in [0.25, 0.3) is 0 Å². The monoisotopic (exact) mass is 437 g/mol. The van der Waals surface area contributed by atoms with E-state index in [0.717, 1.165) is 50.3 Å². The normalized spacial score (nSPS) is 27.1. The van der Waals surface area contributed by atoms with Gasteiger partial charge in [0, 0.05) is 6.04 Å². The summed E-state index contributed by atoms with van der Waals surface area (Å²) in [6, 6.07) is 13.3. The summed E-state index contributed by atoms with van der Waals surface area (Å²) in [4.78, 5) is 11.5. The van der Waals surface area contributed by atoms with Gasteiger partial charge in [-0.15, -0.1) is 0 Å². The number of nitrogens with one attached hydrogen (secondary N) is 1. The first-order valence-electron chi connectivity index (χ1n) is 12.4. The predicted octanol–water partition coefficient (Wildman–Crippen LogP) is 6.21. The fourth-order valence-electron chi connectivity index (χ4n) is 5.58. The number of benzene rings is 2. The van der Waals surface area contributed by atoms with E-state index in [1.807, 2.05) is 0 Å². The quantitative estimate of drug-likeness (QED) is 0.584. The molecule has 1 aliphatic heterocycles. The standard InChI is InChI=1S/C28H39NO3/c1-28(2,3)23-9-12-25(13-10-23)32-26-11-8-20-15-19(6-7-21(20)18-26)16-24-17-22(27(30)31)5-4-14-29-24/h6-8,11,15,18,22-25,29H,4-5,9-10,12-14,16-17H2,1-3H3,(H,30,31). The smallest absolute Gasteiger partial charge is 0.306 e. The minimum absolute atomic E-state index is 0.224. The van der Waals surface area contributed by atoms with Gasteiger partial charge in [-0.3, -0.25) is 4.79 Å². The number of carboxylic acid groups (broad SMARTS) is 1. The number of carboxylic acids is 1. The summed E-state index contributed by atoms with van der Waals surface area (Å²) in [7, 11) is 0. The summed E-state index contributed by atoms with van der Waals surface area (Å²) in [6.07, 6.45) is 8.41. The summed E-state index contributed by atoms with van der Waals surface area (Å²) in [5.74, 6) is 0.885. The lowest BCUT2D eigenvalue weighted by molar-refractivity contribution is -0.142. The maximum absolute atomic E-state index is 11.5. The van der Waals surface area contributed by atoms with E-state index in [1.165, 1.54) is 29.2 Å². The molecule has 4 heteroatoms. The van der Waals surface area contributed by atoms with Gasteiger partial charge in [-0.05, 0) is 97.7 Å². The van der Waals surface area contributed by atoms with Crippen molar-refractivity contribution < 1.29 is 14.6 Å². The Bertz CT molecular complexity index is 924. The Kier molecular flexibility index (Phi) is 7.09. The molecule has 2 fully saturated rings. The number of carbonyl (C=O) groups is 1. The average Bonchev–Trinajstić information content (AvgIpc) is 2.99. The summed E-state index contributed by atoms with van der Waals surface area (Å²) in [6.45, 7) is 7.97. The third-order valence-corrected chi connectivity index (χ3v) is 7.64. The lowest BCUT2D eigenvalue weighted by Gasteiger charge is -2.37. The maximum atomic E-state index is 11.5. The minimum atomic E-state index is -0.656. The number of hydrogen-bond donors (Lipinski definition) is 2. The van der Waals surface area contributed by atoms with E-state index in [-0.39, 0.29) is 12.0 Å². The van der Waals surface area contributed by atoms with E-state index in [4.69, 9.17) is 4.74 Å². The van der Waals surface area contributed by atoms with Crippen molar-refractivity contribution in [1.29, 1.82) is 0 Å². The second-order valence-electron chi connectivity index (χ2n) is 11.1. The van der Waals surface area contributed by atoms with Crippen LogP contribution in [0.4, 0.5) is 0 Å². The number of rotatable bonds is 5. The zero-order valence-corrected chi connectivity index (χ0v) is 19.9. The van der Waals surface area contributed by atoms with E-state index in [0.29, 0.717) is 17.9 Å². The van der Waals surface area contributed by atoms with E-state index in [2.05, 4.69) is 62.5 Å². The van der Waals surface area contributed by atoms with Crippen molar-refractivity contribution in [2.75, 3.05) is 6.54 Å². The van der Waals surface area contributed by atoms with Gasteiger partial charge in [-0.25, -0.2) is 0 Å². The van der Waals surface area contributed by atoms with E-state index in [9.17, 15) is 9.90 Å². The molecule has 2 aromatic carbocycles. The molecule has 2 unspecified atom stereocenters. The van der Waals surface area contributed by atoms with Crippen LogP contribution >= 0.6 is 0 Å². The molecule has 2 aliphatic rings. The first-order valence-corrected chi connectivity index (χ1v) is 12.4. The topological polar surface area (TPSA) is 58.6 Å². The molecule has 1 aliphatic carbocycles. The van der Waals surface area contributed by atoms with Crippen molar-refractivity contribution in [3.8, 4) is 5.75 Å². The molecule has 2 N–H and O–H groups in total. The van der Waals surface area contributed by atoms with E-state index < -0.39 is 5.97 Å². The van der Waals surface area contributed by atoms with Gasteiger partial charge in [-0.1, -0.05) is 45.0 Å². The largest absolute Gasteiger partial charge is 0.490 e. The first-order chi connectivity index (χ1) is 15.3. The minimum Gasteiger partial charge on any atom is -0.490 e. The van der Waals surface area contributed by atoms with Gasteiger partial charge >= 0.3 is 5.97 Å². The molecule has 1 saturated carbocycles. The zero-order chi connectivity index (χ0) is 22.7. The molecule has 1 heterocycles. The molecule has 2 aromatic rings. The third-order valence-electron chi connectivity index (χ3n) is 7.64. The number of hydrogen-bond acceptors (Lipinski definition) is 3. The highest BCUT2D eigenvalue weighted by atomic mass is 16.5. The lowest BCUT2D eigenvalue weighted by atomic mass is 9.72. The second-order valence-corrected chi connectivity index (χ2v) is 11.1. The summed E-state index contributed by atoms with van der Waals surface area (Å²) < 4.78 is 6.36. The maximum Gasteiger partial charge on any atom is 0.306 e. The zero-order valence-electron chi connectivity index (χ0n) is 19.9. The van der Waals surface area contributed by atoms with Crippen molar-refractivity contribution in [3.63, 3.8) is 0 Å². The van der Waals surface area contributed by atoms with Gasteiger partial charge in [-0.2, -0.15) is 0 Å². The van der Waals surface area contributed by atoms with Crippen molar-refractivity contribution in [2.45, 2.75) is 84.3 Å². The van der Waals surface area contributed by atoms with Crippen molar-refractivity contribution in [3.05, 3.63) is 42.0 Å². The molecule has 2 atom stereocenters. The number of ether oxygens (including phenoxy) is 1. The molecule has 0 bridgehead atoms. The molecule has 4 rings (SSSR count). The van der Waals surface area contributed by atoms with Gasteiger partial charge in [0.15, 0.2) is 0 Å². The molecule has 32 heavy (non-hydrogen) atoms. The Morgan fingerprint density at radius 1 is 1.03 bits per heavy atom. The van der Waals surface area contributed by atoms with Crippen LogP contribution in [0, 0.1) is 17.3 Å². The average molecular weight is 438 g/mol. The van der Waals surface area contributed by atoms with Gasteiger partial charge < -0.3 is 15.2 Å². The molecule has 0 aromatic heterocycles. The van der Waals surface area contributed by atoms with Crippen LogP contribution < -0.4 is 10.1 Å². The second kappa shape index (κ2) is 9.82.